The Hall–Kier alpha value is -9.19. The largest absolute Gasteiger partial charge is 0.505 e. The zero-order valence-corrected chi connectivity index (χ0v) is 95.7. The number of hydrogen-bond donors (Lipinski definition) is 10. The monoisotopic (exact) mass is 2230 g/mol. The van der Waals surface area contributed by atoms with E-state index >= 15 is 8.78 Å². The number of halogens is 16. The van der Waals surface area contributed by atoms with Crippen molar-refractivity contribution >= 4 is 90.2 Å². The molecule has 1 aliphatic heterocycles. The Kier molecular flexibility index (Phi) is 49.2. The van der Waals surface area contributed by atoms with Gasteiger partial charge in [0.2, 0.25) is 0 Å². The highest BCUT2D eigenvalue weighted by Crippen LogP contribution is 2.42. The van der Waals surface area contributed by atoms with Gasteiger partial charge < -0.3 is 80.8 Å². The average molecular weight is 2230 g/mol. The van der Waals surface area contributed by atoms with E-state index in [1.807, 2.05) is 96.9 Å². The maximum atomic E-state index is 16.0. The third-order valence-corrected chi connectivity index (χ3v) is 24.8. The number of amides is 4. The van der Waals surface area contributed by atoms with Crippen molar-refractivity contribution in [2.75, 3.05) is 27.1 Å². The van der Waals surface area contributed by atoms with Crippen molar-refractivity contribution in [3.8, 4) is 40.2 Å². The number of phenolic OH excluding ortho intramolecular Hbond substituents is 3. The van der Waals surface area contributed by atoms with Crippen LogP contribution in [0.15, 0.2) is 87.8 Å². The molecule has 1 heterocycles. The molecule has 0 spiro atoms. The van der Waals surface area contributed by atoms with Gasteiger partial charge in [-0.1, -0.05) is 143 Å². The van der Waals surface area contributed by atoms with Gasteiger partial charge >= 0.3 is 13.1 Å². The number of aromatic carboxylic acids is 1. The zero-order valence-electron chi connectivity index (χ0n) is 90.5. The first-order valence-electron chi connectivity index (χ1n) is 46.6. The topological polar surface area (TPSA) is 316 Å². The zero-order chi connectivity index (χ0) is 114. The molecular formula is C105H152BBr2F14N5O16Si2. The van der Waals surface area contributed by atoms with Gasteiger partial charge in [-0.3, -0.25) is 19.2 Å². The number of benzene rings is 7. The molecule has 0 aromatic heterocycles. The van der Waals surface area contributed by atoms with Crippen molar-refractivity contribution in [3.63, 3.8) is 0 Å². The molecule has 0 radical (unpaired) electrons. The van der Waals surface area contributed by atoms with Crippen molar-refractivity contribution in [1.82, 2.24) is 21.3 Å². The van der Waals surface area contributed by atoms with E-state index in [9.17, 15) is 86.9 Å². The van der Waals surface area contributed by atoms with Crippen molar-refractivity contribution < 1.29 is 139 Å². The fourth-order valence-electron chi connectivity index (χ4n) is 15.8. The van der Waals surface area contributed by atoms with Gasteiger partial charge in [0.1, 0.15) is 56.9 Å². The molecule has 0 saturated carbocycles. The summed E-state index contributed by atoms with van der Waals surface area (Å²) in [6.07, 6.45) is 3.66. The minimum Gasteiger partial charge on any atom is -0.505 e. The van der Waals surface area contributed by atoms with Crippen molar-refractivity contribution in [2.24, 2.45) is 32.8 Å². The Balaban J connectivity index is 0.000000863. The number of nitrogens with one attached hydrogen (secondary N) is 4. The molecule has 11 N–H and O–H groups in total. The molecule has 0 aliphatic carbocycles. The van der Waals surface area contributed by atoms with Crippen LogP contribution in [0.4, 0.5) is 61.5 Å². The number of hydrogen-bond acceptors (Lipinski definition) is 16. The first kappa shape index (κ1) is 134. The second-order valence-corrected chi connectivity index (χ2v) is 61.1. The maximum Gasteiger partial charge on any atom is 0.497 e. The molecule has 1 aliphatic rings. The molecule has 21 nitrogen and oxygen atoms in total. The summed E-state index contributed by atoms with van der Waals surface area (Å²) >= 11 is 5.81. The second kappa shape index (κ2) is 53.3. The van der Waals surface area contributed by atoms with E-state index in [0.29, 0.717) is 43.2 Å². The van der Waals surface area contributed by atoms with Gasteiger partial charge in [0.05, 0.1) is 33.4 Å². The predicted octanol–water partition coefficient (Wildman–Crippen LogP) is 27.5. The molecule has 0 atom stereocenters. The summed E-state index contributed by atoms with van der Waals surface area (Å²) in [5.74, 6) is -21.6. The molecule has 0 bridgehead atoms. The van der Waals surface area contributed by atoms with Crippen LogP contribution in [-0.4, -0.2) is 144 Å². The summed E-state index contributed by atoms with van der Waals surface area (Å²) in [6.45, 7) is 70.5. The first-order chi connectivity index (χ1) is 65.0. The van der Waals surface area contributed by atoms with E-state index < -0.39 is 213 Å². The lowest BCUT2D eigenvalue weighted by atomic mass is 9.77. The highest BCUT2D eigenvalue weighted by atomic mass is 79.9. The highest BCUT2D eigenvalue weighted by Gasteiger charge is 2.54. The van der Waals surface area contributed by atoms with Gasteiger partial charge in [-0.25, -0.2) is 66.3 Å². The summed E-state index contributed by atoms with van der Waals surface area (Å²) in [7, 11) is -2.66. The number of rotatable bonds is 26. The average Bonchev–Trinajstić information content (AvgIpc) is 1.58. The first-order valence-corrected chi connectivity index (χ1v) is 55.6. The van der Waals surface area contributed by atoms with E-state index in [-0.39, 0.29) is 84.4 Å². The number of carbonyl (C=O) groups excluding carboxylic acids is 4. The van der Waals surface area contributed by atoms with Gasteiger partial charge in [-0.05, 0) is 267 Å². The third-order valence-electron chi connectivity index (χ3n) is 20.3. The number of phenols is 4. The Labute approximate surface area is 866 Å². The fourth-order valence-corrected chi connectivity index (χ4v) is 18.0. The van der Waals surface area contributed by atoms with Gasteiger partial charge in [0, 0.05) is 68.5 Å². The number of nitrogens with two attached hydrogens (primary N) is 1. The Morgan fingerprint density at radius 1 is 0.379 bits per heavy atom. The highest BCUT2D eigenvalue weighted by molar-refractivity contribution is 9.10. The van der Waals surface area contributed by atoms with Crippen LogP contribution in [-0.2, 0) is 14.0 Å². The van der Waals surface area contributed by atoms with Crippen molar-refractivity contribution in [1.29, 1.82) is 0 Å². The predicted molar refractivity (Wildman–Crippen MR) is 554 cm³/mol. The van der Waals surface area contributed by atoms with Crippen LogP contribution in [0.3, 0.4) is 0 Å². The maximum absolute atomic E-state index is 16.0. The van der Waals surface area contributed by atoms with Gasteiger partial charge in [-0.2, -0.15) is 0 Å². The quantitative estimate of drug-likeness (QED) is 0.0104. The second-order valence-electron chi connectivity index (χ2n) is 48.2. The number of carbonyl (C=O) groups is 5. The summed E-state index contributed by atoms with van der Waals surface area (Å²) in [4.78, 5) is 60.8. The van der Waals surface area contributed by atoms with E-state index in [4.69, 9.17) is 44.6 Å². The van der Waals surface area contributed by atoms with Gasteiger partial charge in [0.25, 0.3) is 23.6 Å². The van der Waals surface area contributed by atoms with Crippen molar-refractivity contribution in [2.45, 2.75) is 323 Å². The molecule has 7 aromatic carbocycles. The summed E-state index contributed by atoms with van der Waals surface area (Å²) in [5, 5.41) is 55.7. The fraction of sp³-hybridized carbons (Fsp3) is 0.552. The minimum atomic E-state index is -1.70. The van der Waals surface area contributed by atoms with Crippen LogP contribution in [0.2, 0.25) is 51.4 Å². The van der Waals surface area contributed by atoms with Gasteiger partial charge in [0.15, 0.2) is 99.4 Å². The molecule has 145 heavy (non-hydrogen) atoms. The van der Waals surface area contributed by atoms with Crippen LogP contribution in [0, 0.1) is 109 Å². The number of carboxylic acids is 1. The minimum absolute atomic E-state index is 0.0156. The summed E-state index contributed by atoms with van der Waals surface area (Å²) < 4.78 is 221. The number of ether oxygens (including phenoxy) is 4. The number of aromatic hydroxyl groups is 4. The van der Waals surface area contributed by atoms with E-state index in [0.717, 1.165) is 85.2 Å². The molecule has 0 unspecified atom stereocenters. The SMILES string of the molecule is CC(C)(C)CC(C)(C)N.CC(C)(C)CC(C)(C)NC(=O)c1c(F)c(B2OC(C)(C)C(C)(C)O2)cc(F)c1OCC[Si](C)(C)C.CC(C)(C)CC(C)(C)NC(=O)c1c(F)c(Br)cc(F)c1OCC[Si](C)(C)C.CC(C)(C)CC(C)(C)NC(=O)c1c(F)ccc(F)c1O.CC(C)(C)CC(C)(C)NC(=O)c1c(O)c(F)cc(Br)c1F.COCOc1cc(F)ccc1F.O=C(O)c1c(F)ccc(F)c1O.Oc1cc(F)ccc1F. The van der Waals surface area contributed by atoms with Crippen LogP contribution < -0.4 is 46.7 Å². The summed E-state index contributed by atoms with van der Waals surface area (Å²) in [5.41, 5.74) is -1.42. The van der Waals surface area contributed by atoms with E-state index in [2.05, 4.69) is 173 Å². The number of carboxylic acid groups (broad SMARTS) is 1. The molecule has 1 saturated heterocycles. The Morgan fingerprint density at radius 3 is 1.00 bits per heavy atom. The third kappa shape index (κ3) is 48.3. The van der Waals surface area contributed by atoms with Crippen LogP contribution in [0.1, 0.15) is 285 Å². The summed E-state index contributed by atoms with van der Waals surface area (Å²) in [6, 6.07) is 12.7. The Morgan fingerprint density at radius 2 is 0.676 bits per heavy atom. The number of methoxy groups -OCH3 is 1. The smallest absolute Gasteiger partial charge is 0.497 e. The lowest BCUT2D eigenvalue weighted by Crippen LogP contribution is -2.47. The van der Waals surface area contributed by atoms with Gasteiger partial charge in [-0.15, -0.1) is 0 Å². The Bertz CT molecular complexity index is 5490. The van der Waals surface area contributed by atoms with Crippen LogP contribution in [0.5, 0.6) is 40.2 Å². The van der Waals surface area contributed by atoms with Crippen molar-refractivity contribution in [3.05, 3.63) is 197 Å². The normalized spacial score (nSPS) is 13.3. The molecule has 8 rings (SSSR count). The molecule has 1 fully saturated rings. The molecule has 40 heteroatoms. The van der Waals surface area contributed by atoms with Crippen LogP contribution in [0.25, 0.3) is 0 Å². The molecule has 816 valence electrons. The standard InChI is InChI=1S/C26H44BF2NO4Si.C20H32BrF2NO2Si.C15H20BrF2NO2.C15H21F2NO2.C8H8F2O2.C8H19N.C7H4F2O3.C6H4F2O/c1-23(2,3)16-24(4,5)30-22(31)19-20(29)17(27-33-25(6,7)26(8,9)34-27)15-18(28)21(19)32-13-14-35(10,11)12;1-19(2,3)12-20(4,5)24-18(25)15-16(23)13(21)11-14(22)17(15)26-9-10-27(6,7)8;1-14(2,3)7-15(4,5)19-13(21)10-11(18)8(16)6-9(17)12(10)20;1-14(2,3)8-15(4,5)18-13(20)11-9(16)6-7-10(17)12(11)19;1-11-5-12-8-4-6(9)2-3-7(8)10;1-7(2,3)6-8(4,5)9;8-3-1-2-4(9)6(10)5(3)7(11)12;7-4-1-2-5(8)6(9)3-4/h15H,13-14,16H2,1-12H3,(H,30,31);11H,9-10,12H2,1-8H3,(H,24,25);6,20H,7H2,1-5H3,(H,19,21);6-7,19H,8H2,1-5H3,(H,18,20);2-4H,5H2,1H3;6,9H2,1-5H3;1-2,10H,(H,11,12);1-3,9H. The lowest BCUT2D eigenvalue weighted by Gasteiger charge is -2.33. The van der Waals surface area contributed by atoms with E-state index in [1.165, 1.54) is 7.11 Å². The molecular weight excluding hydrogens is 2080 g/mol. The van der Waals surface area contributed by atoms with E-state index in [1.54, 1.807) is 27.7 Å². The lowest BCUT2D eigenvalue weighted by molar-refractivity contribution is 0.00578. The molecule has 4 amide bonds. The molecule has 7 aromatic rings. The van der Waals surface area contributed by atoms with Crippen LogP contribution >= 0.6 is 31.9 Å².